The minimum atomic E-state index is -7.62. The van der Waals surface area contributed by atoms with Gasteiger partial charge >= 0.3 is 14.1 Å². The van der Waals surface area contributed by atoms with Gasteiger partial charge in [-0.2, -0.15) is 0 Å². The molecule has 0 unspecified atom stereocenters. The minimum Gasteiger partial charge on any atom is -0.205 e. The van der Waals surface area contributed by atoms with E-state index >= 15 is 65.9 Å². The van der Waals surface area contributed by atoms with E-state index in [0.717, 1.165) is 0 Å². The minimum absolute atomic E-state index is 3.29. The molecular weight excluding hydrogens is 972 g/mol. The molecule has 0 fully saturated rings. The highest BCUT2D eigenvalue weighted by molar-refractivity contribution is 6.98. The van der Waals surface area contributed by atoms with Gasteiger partial charge in [0.05, 0.1) is 16.7 Å². The summed E-state index contributed by atoms with van der Waals surface area (Å²) in [5.74, 6) is -96.2. The molecule has 0 amide bonds. The van der Waals surface area contributed by atoms with Gasteiger partial charge in [0.1, 0.15) is 0 Å². The Morgan fingerprint density at radius 3 is 0.391 bits per heavy atom. The third-order valence-electron chi connectivity index (χ3n) is 9.16. The summed E-state index contributed by atoms with van der Waals surface area (Å²) >= 11 is -7.62. The van der Waals surface area contributed by atoms with E-state index in [-0.39, 0.29) is 0 Å². The van der Waals surface area contributed by atoms with Crippen LogP contribution in [0, 0.1) is 157 Å². The van der Waals surface area contributed by atoms with Crippen molar-refractivity contribution in [3.8, 4) is 33.4 Å². The van der Waals surface area contributed by atoms with Crippen molar-refractivity contribution in [3.05, 3.63) is 157 Å². The quantitative estimate of drug-likeness (QED) is 0.0675. The van der Waals surface area contributed by atoms with Crippen LogP contribution < -0.4 is 13.3 Å². The molecule has 336 valence electrons. The summed E-state index contributed by atoms with van der Waals surface area (Å²) in [5, 5.41) is 0. The Bertz CT molecular complexity index is 2670. The zero-order valence-electron chi connectivity index (χ0n) is 28.8. The summed E-state index contributed by atoms with van der Waals surface area (Å²) in [7, 11) is 0. The van der Waals surface area contributed by atoms with Crippen molar-refractivity contribution >= 4 is 27.4 Å². The summed E-state index contributed by atoms with van der Waals surface area (Å²) in [6, 6.07) is 0. The molecule has 0 saturated heterocycles. The van der Waals surface area contributed by atoms with Crippen LogP contribution in [0.15, 0.2) is 0 Å². The van der Waals surface area contributed by atoms with E-state index in [1.807, 2.05) is 0 Å². The molecule has 0 atom stereocenters. The van der Waals surface area contributed by atoms with E-state index in [2.05, 4.69) is 0 Å². The van der Waals surface area contributed by atoms with Crippen LogP contribution in [0.1, 0.15) is 0 Å². The summed E-state index contributed by atoms with van der Waals surface area (Å²) in [6.07, 6.45) is 0. The summed E-state index contributed by atoms with van der Waals surface area (Å²) in [4.78, 5) is 0. The molecule has 0 spiro atoms. The first-order valence-corrected chi connectivity index (χ1v) is 17.5. The van der Waals surface area contributed by atoms with Crippen LogP contribution in [0.25, 0.3) is 33.4 Å². The molecule has 0 nitrogen and oxygen atoms in total. The fourth-order valence-electron chi connectivity index (χ4n) is 6.40. The Balaban J connectivity index is 2.12. The third-order valence-corrected chi connectivity index (χ3v) is 12.5. The Kier molecular flexibility index (Phi) is 12.0. The van der Waals surface area contributed by atoms with Gasteiger partial charge in [0.15, 0.2) is 140 Å². The van der Waals surface area contributed by atoms with Crippen molar-refractivity contribution in [1.82, 2.24) is 0 Å². The van der Waals surface area contributed by atoms with E-state index < -0.39 is 218 Å². The highest BCUT2D eigenvalue weighted by Gasteiger charge is 2.49. The first kappa shape index (κ1) is 47.4. The average Bonchev–Trinajstić information content (AvgIpc) is 3.27. The molecule has 6 aromatic rings. The lowest BCUT2D eigenvalue weighted by molar-refractivity contribution is 0.379. The normalized spacial score (nSPS) is 11.7. The van der Waals surface area contributed by atoms with Crippen LogP contribution >= 0.6 is 0 Å². The van der Waals surface area contributed by atoms with Gasteiger partial charge in [-0.05, 0) is 0 Å². The van der Waals surface area contributed by atoms with Crippen molar-refractivity contribution < 1.29 is 119 Å². The van der Waals surface area contributed by atoms with Crippen molar-refractivity contribution in [3.63, 3.8) is 0 Å². The molecule has 0 heterocycles. The van der Waals surface area contributed by atoms with Gasteiger partial charge in [0.2, 0.25) is 17.5 Å². The monoisotopic (exact) mass is 972 g/mol. The first-order valence-electron chi connectivity index (χ1n) is 15.7. The predicted molar refractivity (Wildman–Crippen MR) is 159 cm³/mol. The second kappa shape index (κ2) is 16.2. The van der Waals surface area contributed by atoms with E-state index in [4.69, 9.17) is 0 Å². The molecule has 28 heteroatoms. The fraction of sp³-hybridized carbons (Fsp3) is 0. The van der Waals surface area contributed by atoms with Crippen LogP contribution in [0.4, 0.5) is 119 Å². The highest BCUT2D eigenvalue weighted by Crippen LogP contribution is 2.40. The zero-order chi connectivity index (χ0) is 48.4. The molecule has 6 rings (SSSR count). The largest absolute Gasteiger partial charge is 0.401 e. The molecular formula is C36AlF27. The Hall–Kier alpha value is -6.04. The van der Waals surface area contributed by atoms with Crippen molar-refractivity contribution in [2.45, 2.75) is 0 Å². The molecule has 0 aromatic heterocycles. The highest BCUT2D eigenvalue weighted by atomic mass is 27.2. The summed E-state index contributed by atoms with van der Waals surface area (Å²) in [6.45, 7) is 0. The number of benzene rings is 6. The number of hydrogen-bond acceptors (Lipinski definition) is 0. The molecule has 0 radical (unpaired) electrons. The maximum Gasteiger partial charge on any atom is 0.401 e. The lowest BCUT2D eigenvalue weighted by Gasteiger charge is -2.27. The van der Waals surface area contributed by atoms with Crippen LogP contribution in [0.5, 0.6) is 0 Å². The van der Waals surface area contributed by atoms with Crippen LogP contribution in [0.2, 0.25) is 0 Å². The van der Waals surface area contributed by atoms with Gasteiger partial charge in [-0.25, -0.2) is 119 Å². The van der Waals surface area contributed by atoms with Gasteiger partial charge in [0, 0.05) is 16.7 Å². The summed E-state index contributed by atoms with van der Waals surface area (Å²) < 4.78 is 401. The smallest absolute Gasteiger partial charge is 0.205 e. The molecule has 0 aliphatic rings. The summed E-state index contributed by atoms with van der Waals surface area (Å²) in [5.41, 5.74) is -19.9. The maximum atomic E-state index is 16.5. The predicted octanol–water partition coefficient (Wildman–Crippen LogP) is 11.0. The number of halogens is 27. The van der Waals surface area contributed by atoms with Crippen molar-refractivity contribution in [2.24, 2.45) is 0 Å². The maximum absolute atomic E-state index is 16.5. The average molecular weight is 972 g/mol. The van der Waals surface area contributed by atoms with E-state index in [1.165, 1.54) is 0 Å². The van der Waals surface area contributed by atoms with Crippen molar-refractivity contribution in [2.75, 3.05) is 0 Å². The second-order valence-corrected chi connectivity index (χ2v) is 15.0. The van der Waals surface area contributed by atoms with Gasteiger partial charge in [-0.3, -0.25) is 0 Å². The van der Waals surface area contributed by atoms with Crippen LogP contribution in [-0.2, 0) is 0 Å². The fourth-order valence-corrected chi connectivity index (χ4v) is 10.1. The van der Waals surface area contributed by atoms with Gasteiger partial charge in [0.25, 0.3) is 0 Å². The SMILES string of the molecule is Fc1c(F)c(F)c(-c2c(F)c(F)c(F)c(F)[c]2[Al]([c]2c(F)c(F)c(F)c(F)c2-c2c(F)c(F)c(F)c(F)c2F)[c]2c(F)c(F)c(F)c(F)c2-c2c(F)c(F)c(F)c(F)c2F)c(F)c1F. The molecule has 0 aliphatic heterocycles. The lowest BCUT2D eigenvalue weighted by atomic mass is 10.0. The Morgan fingerprint density at radius 2 is 0.234 bits per heavy atom. The van der Waals surface area contributed by atoms with Crippen LogP contribution in [0.3, 0.4) is 0 Å². The number of rotatable bonds is 6. The molecule has 0 saturated carbocycles. The Morgan fingerprint density at radius 1 is 0.125 bits per heavy atom. The molecule has 0 bridgehead atoms. The Labute approximate surface area is 336 Å². The molecule has 6 aromatic carbocycles. The van der Waals surface area contributed by atoms with E-state index in [1.54, 1.807) is 0 Å². The topological polar surface area (TPSA) is 0 Å². The standard InChI is InChI=1S/3C12F9.Al/c3*13-3-1-2(5(14)9(18)6(3)15)4-7(16)10(19)12(21)11(20)8(4)17;. The lowest BCUT2D eigenvalue weighted by Crippen LogP contribution is -2.59. The molecule has 64 heavy (non-hydrogen) atoms. The first-order chi connectivity index (χ1) is 29.6. The van der Waals surface area contributed by atoms with Gasteiger partial charge < -0.3 is 0 Å². The third kappa shape index (κ3) is 6.44. The second-order valence-electron chi connectivity index (χ2n) is 12.4. The van der Waals surface area contributed by atoms with Gasteiger partial charge in [-0.1, -0.05) is 13.3 Å². The van der Waals surface area contributed by atoms with Crippen molar-refractivity contribution in [1.29, 1.82) is 0 Å². The molecule has 0 aliphatic carbocycles. The van der Waals surface area contributed by atoms with Gasteiger partial charge in [-0.15, -0.1) is 0 Å². The number of hydrogen-bond donors (Lipinski definition) is 0. The van der Waals surface area contributed by atoms with E-state index in [9.17, 15) is 52.7 Å². The molecule has 0 N–H and O–H groups in total. The van der Waals surface area contributed by atoms with E-state index in [0.29, 0.717) is 0 Å². The zero-order valence-corrected chi connectivity index (χ0v) is 29.9. The van der Waals surface area contributed by atoms with Crippen LogP contribution in [-0.4, -0.2) is 14.1 Å².